The van der Waals surface area contributed by atoms with E-state index in [1.165, 1.54) is 5.56 Å². The largest absolute Gasteiger partial charge is 0.478 e. The highest BCUT2D eigenvalue weighted by Crippen LogP contribution is 2.26. The van der Waals surface area contributed by atoms with Crippen molar-refractivity contribution in [3.05, 3.63) is 35.5 Å². The lowest BCUT2D eigenvalue weighted by Gasteiger charge is -2.26. The number of hydrogen-bond donors (Lipinski definition) is 2. The van der Waals surface area contributed by atoms with Gasteiger partial charge in [-0.05, 0) is 18.6 Å². The normalized spacial score (nSPS) is 16.4. The number of carbonyl (C=O) groups is 1. The second-order valence-electron chi connectivity index (χ2n) is 5.47. The van der Waals surface area contributed by atoms with Crippen molar-refractivity contribution in [3.8, 4) is 0 Å². The van der Waals surface area contributed by atoms with Crippen molar-refractivity contribution in [2.45, 2.75) is 20.0 Å². The predicted octanol–water partition coefficient (Wildman–Crippen LogP) is 1.76. The maximum Gasteiger partial charge on any atom is 0.337 e. The monoisotopic (exact) mass is 287 g/mol. The Labute approximate surface area is 124 Å². The summed E-state index contributed by atoms with van der Waals surface area (Å²) in [5, 5.41) is 13.8. The molecular weight excluding hydrogens is 266 g/mol. The zero-order valence-electron chi connectivity index (χ0n) is 12.3. The van der Waals surface area contributed by atoms with Crippen molar-refractivity contribution in [2.75, 3.05) is 26.2 Å². The Morgan fingerprint density at radius 2 is 2.10 bits per heavy atom. The minimum atomic E-state index is -0.859. The third-order valence-corrected chi connectivity index (χ3v) is 4.16. The number of hydrogen-bond acceptors (Lipinski definition) is 3. The lowest BCUT2D eigenvalue weighted by atomic mass is 10.1. The average molecular weight is 287 g/mol. The van der Waals surface area contributed by atoms with Gasteiger partial charge in [-0.3, -0.25) is 4.90 Å². The number of piperazine rings is 1. The lowest BCUT2D eigenvalue weighted by molar-refractivity contribution is 0.0698. The van der Waals surface area contributed by atoms with Gasteiger partial charge in [0.05, 0.1) is 11.1 Å². The van der Waals surface area contributed by atoms with Gasteiger partial charge < -0.3 is 15.0 Å². The number of nitrogens with zero attached hydrogens (tertiary/aromatic N) is 2. The second kappa shape index (κ2) is 5.87. The van der Waals surface area contributed by atoms with Crippen LogP contribution in [0, 0.1) is 0 Å². The van der Waals surface area contributed by atoms with Gasteiger partial charge >= 0.3 is 5.97 Å². The van der Waals surface area contributed by atoms with Crippen molar-refractivity contribution < 1.29 is 9.90 Å². The van der Waals surface area contributed by atoms with Crippen molar-refractivity contribution in [3.63, 3.8) is 0 Å². The molecule has 3 rings (SSSR count). The maximum atomic E-state index is 11.5. The van der Waals surface area contributed by atoms with Crippen LogP contribution < -0.4 is 5.32 Å². The molecule has 1 aliphatic rings. The molecule has 1 fully saturated rings. The molecule has 0 saturated carbocycles. The summed E-state index contributed by atoms with van der Waals surface area (Å²) in [6.07, 6.45) is 2.11. The van der Waals surface area contributed by atoms with E-state index in [4.69, 9.17) is 0 Å². The maximum absolute atomic E-state index is 11.5. The van der Waals surface area contributed by atoms with E-state index in [1.807, 2.05) is 19.1 Å². The van der Waals surface area contributed by atoms with E-state index in [1.54, 1.807) is 6.07 Å². The van der Waals surface area contributed by atoms with Crippen molar-refractivity contribution in [1.82, 2.24) is 14.8 Å². The predicted molar refractivity (Wildman–Crippen MR) is 82.7 cm³/mol. The topological polar surface area (TPSA) is 57.5 Å². The third-order valence-electron chi connectivity index (χ3n) is 4.16. The van der Waals surface area contributed by atoms with Gasteiger partial charge in [0.1, 0.15) is 0 Å². The minimum absolute atomic E-state index is 0.390. The number of aromatic nitrogens is 1. The highest BCUT2D eigenvalue weighted by molar-refractivity contribution is 6.03. The van der Waals surface area contributed by atoms with Gasteiger partial charge in [0.15, 0.2) is 0 Å². The molecule has 2 N–H and O–H groups in total. The molecule has 0 unspecified atom stereocenters. The number of rotatable bonds is 4. The Kier molecular flexibility index (Phi) is 3.94. The van der Waals surface area contributed by atoms with Crippen LogP contribution in [0.1, 0.15) is 22.8 Å². The van der Waals surface area contributed by atoms with E-state index >= 15 is 0 Å². The first-order chi connectivity index (χ1) is 10.2. The van der Waals surface area contributed by atoms with Gasteiger partial charge in [-0.2, -0.15) is 0 Å². The summed E-state index contributed by atoms with van der Waals surface area (Å²) in [6.45, 7) is 7.83. The standard InChI is InChI=1S/C16H21N3O2/c1-2-19-11-12(10-18-8-6-17-7-9-18)13-4-3-5-14(15(13)19)16(20)21/h3-5,11,17H,2,6-10H2,1H3,(H,20,21). The van der Waals surface area contributed by atoms with Crippen molar-refractivity contribution >= 4 is 16.9 Å². The van der Waals surface area contributed by atoms with E-state index in [0.717, 1.165) is 50.2 Å². The fraction of sp³-hybridized carbons (Fsp3) is 0.438. The van der Waals surface area contributed by atoms with Crippen LogP contribution in [-0.4, -0.2) is 46.7 Å². The highest BCUT2D eigenvalue weighted by atomic mass is 16.4. The van der Waals surface area contributed by atoms with E-state index in [9.17, 15) is 9.90 Å². The van der Waals surface area contributed by atoms with Crippen LogP contribution in [0.25, 0.3) is 10.9 Å². The van der Waals surface area contributed by atoms with Crippen LogP contribution in [0.15, 0.2) is 24.4 Å². The van der Waals surface area contributed by atoms with Crippen molar-refractivity contribution in [2.24, 2.45) is 0 Å². The summed E-state index contributed by atoms with van der Waals surface area (Å²) < 4.78 is 2.05. The van der Waals surface area contributed by atoms with Crippen molar-refractivity contribution in [1.29, 1.82) is 0 Å². The quantitative estimate of drug-likeness (QED) is 0.900. The molecule has 1 aliphatic heterocycles. The second-order valence-corrected chi connectivity index (χ2v) is 5.47. The van der Waals surface area contributed by atoms with E-state index < -0.39 is 5.97 Å². The summed E-state index contributed by atoms with van der Waals surface area (Å²) in [5.74, 6) is -0.859. The van der Waals surface area contributed by atoms with Gasteiger partial charge in [-0.1, -0.05) is 12.1 Å². The molecule has 2 heterocycles. The number of benzene rings is 1. The Bertz CT molecular complexity index is 657. The number of aryl methyl sites for hydroxylation is 1. The molecule has 0 atom stereocenters. The van der Waals surface area contributed by atoms with Gasteiger partial charge in [-0.25, -0.2) is 4.79 Å². The molecule has 21 heavy (non-hydrogen) atoms. The van der Waals surface area contributed by atoms with Crippen LogP contribution in [0.2, 0.25) is 0 Å². The van der Waals surface area contributed by atoms with Gasteiger partial charge in [0.2, 0.25) is 0 Å². The Morgan fingerprint density at radius 3 is 2.76 bits per heavy atom. The molecular formula is C16H21N3O2. The van der Waals surface area contributed by atoms with Gasteiger partial charge in [0.25, 0.3) is 0 Å². The molecule has 5 heteroatoms. The fourth-order valence-corrected chi connectivity index (χ4v) is 3.09. The number of carboxylic acid groups (broad SMARTS) is 1. The smallest absolute Gasteiger partial charge is 0.337 e. The summed E-state index contributed by atoms with van der Waals surface area (Å²) in [4.78, 5) is 13.9. The summed E-state index contributed by atoms with van der Waals surface area (Å²) in [6, 6.07) is 5.56. The molecule has 5 nitrogen and oxygen atoms in total. The van der Waals surface area contributed by atoms with Crippen LogP contribution in [-0.2, 0) is 13.1 Å². The molecule has 1 aromatic carbocycles. The molecule has 0 spiro atoms. The molecule has 1 saturated heterocycles. The molecule has 0 aliphatic carbocycles. The Morgan fingerprint density at radius 1 is 1.33 bits per heavy atom. The van der Waals surface area contributed by atoms with Crippen LogP contribution in [0.3, 0.4) is 0 Å². The van der Waals surface area contributed by atoms with Crippen LogP contribution in [0.5, 0.6) is 0 Å². The Balaban J connectivity index is 2.03. The molecule has 112 valence electrons. The molecule has 0 bridgehead atoms. The number of fused-ring (bicyclic) bond motifs is 1. The SMILES string of the molecule is CCn1cc(CN2CCNCC2)c2cccc(C(=O)O)c21. The first-order valence-corrected chi connectivity index (χ1v) is 7.47. The summed E-state index contributed by atoms with van der Waals surface area (Å²) in [5.41, 5.74) is 2.45. The van der Waals surface area contributed by atoms with E-state index in [0.29, 0.717) is 5.56 Å². The molecule has 0 radical (unpaired) electrons. The molecule has 2 aromatic rings. The fourth-order valence-electron chi connectivity index (χ4n) is 3.09. The lowest BCUT2D eigenvalue weighted by Crippen LogP contribution is -2.42. The number of carboxylic acids is 1. The zero-order chi connectivity index (χ0) is 14.8. The number of nitrogens with one attached hydrogen (secondary N) is 1. The van der Waals surface area contributed by atoms with E-state index in [-0.39, 0.29) is 0 Å². The highest BCUT2D eigenvalue weighted by Gasteiger charge is 2.18. The summed E-state index contributed by atoms with van der Waals surface area (Å²) >= 11 is 0. The average Bonchev–Trinajstić information content (AvgIpc) is 2.86. The molecule has 1 aromatic heterocycles. The number of aromatic carboxylic acids is 1. The van der Waals surface area contributed by atoms with E-state index in [2.05, 4.69) is 21.0 Å². The number of para-hydroxylation sites is 1. The first-order valence-electron chi connectivity index (χ1n) is 7.47. The van der Waals surface area contributed by atoms with Crippen LogP contribution >= 0.6 is 0 Å². The zero-order valence-corrected chi connectivity index (χ0v) is 12.3. The van der Waals surface area contributed by atoms with Gasteiger partial charge in [-0.15, -0.1) is 0 Å². The first kappa shape index (κ1) is 14.1. The molecule has 0 amide bonds. The Hall–Kier alpha value is -1.85. The summed E-state index contributed by atoms with van der Waals surface area (Å²) in [7, 11) is 0. The minimum Gasteiger partial charge on any atom is -0.478 e. The third kappa shape index (κ3) is 2.66. The van der Waals surface area contributed by atoms with Crippen LogP contribution in [0.4, 0.5) is 0 Å². The van der Waals surface area contributed by atoms with Gasteiger partial charge in [0, 0.05) is 50.9 Å².